The summed E-state index contributed by atoms with van der Waals surface area (Å²) in [7, 11) is 0. The molecule has 16 heavy (non-hydrogen) atoms. The predicted octanol–water partition coefficient (Wildman–Crippen LogP) is 1.30. The van der Waals surface area contributed by atoms with Gasteiger partial charge in [-0.3, -0.25) is 0 Å². The monoisotopic (exact) mass is 228 g/mol. The van der Waals surface area contributed by atoms with Crippen molar-refractivity contribution >= 4 is 0 Å². The third kappa shape index (κ3) is 1.59. The molecule has 1 heterocycles. The second-order valence-corrected chi connectivity index (χ2v) is 5.39. The lowest BCUT2D eigenvalue weighted by Gasteiger charge is -2.54. The molecule has 0 aromatic rings. The molecular weight excluding hydrogens is 208 g/mol. The van der Waals surface area contributed by atoms with E-state index in [4.69, 9.17) is 9.47 Å². The SMILES string of the molecule is OC12CCCCC1OC1(O)CCCCC1O2. The molecule has 1 saturated heterocycles. The Morgan fingerprint density at radius 3 is 1.62 bits per heavy atom. The van der Waals surface area contributed by atoms with Crippen molar-refractivity contribution in [3.05, 3.63) is 0 Å². The highest BCUT2D eigenvalue weighted by atomic mass is 16.7. The Hall–Kier alpha value is -0.160. The highest BCUT2D eigenvalue weighted by Gasteiger charge is 2.56. The maximum absolute atomic E-state index is 10.4. The minimum absolute atomic E-state index is 0.347. The van der Waals surface area contributed by atoms with Gasteiger partial charge in [0.2, 0.25) is 0 Å². The van der Waals surface area contributed by atoms with E-state index in [2.05, 4.69) is 0 Å². The quantitative estimate of drug-likeness (QED) is 0.656. The molecule has 2 aliphatic carbocycles. The predicted molar refractivity (Wildman–Crippen MR) is 56.6 cm³/mol. The number of ether oxygens (including phenoxy) is 2. The Morgan fingerprint density at radius 2 is 1.19 bits per heavy atom. The lowest BCUT2D eigenvalue weighted by Crippen LogP contribution is -2.65. The van der Waals surface area contributed by atoms with Crippen LogP contribution in [0.3, 0.4) is 0 Å². The topological polar surface area (TPSA) is 58.9 Å². The second kappa shape index (κ2) is 3.67. The van der Waals surface area contributed by atoms with Crippen LogP contribution in [0.1, 0.15) is 51.4 Å². The van der Waals surface area contributed by atoms with Crippen molar-refractivity contribution in [3.8, 4) is 0 Å². The van der Waals surface area contributed by atoms with E-state index >= 15 is 0 Å². The first kappa shape index (κ1) is 11.0. The van der Waals surface area contributed by atoms with Gasteiger partial charge < -0.3 is 19.7 Å². The summed E-state index contributed by atoms with van der Waals surface area (Å²) in [5, 5.41) is 20.8. The van der Waals surface area contributed by atoms with E-state index in [1.54, 1.807) is 0 Å². The molecule has 4 nitrogen and oxygen atoms in total. The first-order valence-corrected chi connectivity index (χ1v) is 6.43. The highest BCUT2D eigenvalue weighted by Crippen LogP contribution is 2.45. The van der Waals surface area contributed by atoms with Crippen molar-refractivity contribution in [3.63, 3.8) is 0 Å². The lowest BCUT2D eigenvalue weighted by molar-refractivity contribution is -0.436. The zero-order valence-corrected chi connectivity index (χ0v) is 9.52. The van der Waals surface area contributed by atoms with Gasteiger partial charge in [-0.2, -0.15) is 0 Å². The molecule has 0 spiro atoms. The maximum atomic E-state index is 10.4. The summed E-state index contributed by atoms with van der Waals surface area (Å²) in [6.45, 7) is 0. The summed E-state index contributed by atoms with van der Waals surface area (Å²) in [6.07, 6.45) is 6.16. The molecule has 0 amide bonds. The Labute approximate surface area is 95.6 Å². The van der Waals surface area contributed by atoms with Gasteiger partial charge in [0, 0.05) is 12.8 Å². The summed E-state index contributed by atoms with van der Waals surface area (Å²) in [5.41, 5.74) is 0. The smallest absolute Gasteiger partial charge is 0.192 e. The number of hydrogen-bond donors (Lipinski definition) is 2. The lowest BCUT2D eigenvalue weighted by atomic mass is 9.84. The van der Waals surface area contributed by atoms with E-state index in [1.165, 1.54) is 0 Å². The molecule has 92 valence electrons. The van der Waals surface area contributed by atoms with Crippen LogP contribution in [0.15, 0.2) is 0 Å². The van der Waals surface area contributed by atoms with E-state index in [1.807, 2.05) is 0 Å². The molecule has 0 aromatic carbocycles. The van der Waals surface area contributed by atoms with Gasteiger partial charge in [0.25, 0.3) is 0 Å². The standard InChI is InChI=1S/C12H20O4/c13-11-7-3-1-5-9(11)15-12(14)8-4-2-6-10(12)16-11/h9-10,13-14H,1-8H2. The summed E-state index contributed by atoms with van der Waals surface area (Å²) >= 11 is 0. The van der Waals surface area contributed by atoms with Gasteiger partial charge >= 0.3 is 0 Å². The number of rotatable bonds is 0. The second-order valence-electron chi connectivity index (χ2n) is 5.39. The maximum Gasteiger partial charge on any atom is 0.192 e. The zero-order valence-electron chi connectivity index (χ0n) is 9.52. The summed E-state index contributed by atoms with van der Waals surface area (Å²) in [4.78, 5) is 0. The molecule has 3 aliphatic rings. The van der Waals surface area contributed by atoms with Crippen LogP contribution in [0.5, 0.6) is 0 Å². The summed E-state index contributed by atoms with van der Waals surface area (Å²) in [5.74, 6) is -2.29. The van der Waals surface area contributed by atoms with Gasteiger partial charge in [-0.25, -0.2) is 0 Å². The van der Waals surface area contributed by atoms with Gasteiger partial charge in [0.05, 0.1) is 0 Å². The minimum Gasteiger partial charge on any atom is -0.363 e. The van der Waals surface area contributed by atoms with Crippen LogP contribution in [-0.2, 0) is 9.47 Å². The van der Waals surface area contributed by atoms with E-state index < -0.39 is 11.6 Å². The van der Waals surface area contributed by atoms with Crippen molar-refractivity contribution in [2.24, 2.45) is 0 Å². The zero-order chi connectivity index (χ0) is 11.2. The van der Waals surface area contributed by atoms with Crippen molar-refractivity contribution in [2.75, 3.05) is 0 Å². The van der Waals surface area contributed by atoms with Gasteiger partial charge in [-0.1, -0.05) is 12.8 Å². The van der Waals surface area contributed by atoms with Crippen molar-refractivity contribution in [1.29, 1.82) is 0 Å². The largest absolute Gasteiger partial charge is 0.363 e. The first-order valence-electron chi connectivity index (χ1n) is 6.43. The fraction of sp³-hybridized carbons (Fsp3) is 1.00. The normalized spacial score (nSPS) is 52.9. The molecule has 0 radical (unpaired) electrons. The third-order valence-corrected chi connectivity index (χ3v) is 4.20. The number of hydrogen-bond acceptors (Lipinski definition) is 4. The van der Waals surface area contributed by atoms with Gasteiger partial charge in [-0.05, 0) is 25.7 Å². The minimum atomic E-state index is -1.15. The van der Waals surface area contributed by atoms with Crippen LogP contribution in [0.25, 0.3) is 0 Å². The molecule has 4 atom stereocenters. The molecule has 3 rings (SSSR count). The summed E-state index contributed by atoms with van der Waals surface area (Å²) in [6, 6.07) is 0. The van der Waals surface area contributed by atoms with Crippen LogP contribution in [0, 0.1) is 0 Å². The van der Waals surface area contributed by atoms with Crippen LogP contribution >= 0.6 is 0 Å². The molecule has 2 N–H and O–H groups in total. The first-order chi connectivity index (χ1) is 7.62. The Kier molecular flexibility index (Phi) is 2.51. The van der Waals surface area contributed by atoms with Crippen LogP contribution in [0.2, 0.25) is 0 Å². The highest BCUT2D eigenvalue weighted by molar-refractivity contribution is 4.96. The van der Waals surface area contributed by atoms with Gasteiger partial charge in [0.1, 0.15) is 12.2 Å². The average Bonchev–Trinajstić information content (AvgIpc) is 2.25. The Balaban J connectivity index is 1.83. The molecule has 0 bridgehead atoms. The Morgan fingerprint density at radius 1 is 0.750 bits per heavy atom. The van der Waals surface area contributed by atoms with Crippen LogP contribution in [0.4, 0.5) is 0 Å². The van der Waals surface area contributed by atoms with E-state index in [0.717, 1.165) is 38.5 Å². The van der Waals surface area contributed by atoms with Crippen LogP contribution in [-0.4, -0.2) is 34.0 Å². The molecule has 4 unspecified atom stereocenters. The molecule has 1 aliphatic heterocycles. The molecule has 0 aromatic heterocycles. The molecular formula is C12H20O4. The fourth-order valence-corrected chi connectivity index (χ4v) is 3.25. The third-order valence-electron chi connectivity index (χ3n) is 4.20. The van der Waals surface area contributed by atoms with E-state index in [0.29, 0.717) is 12.8 Å². The average molecular weight is 228 g/mol. The van der Waals surface area contributed by atoms with Gasteiger partial charge in [-0.15, -0.1) is 0 Å². The number of fused-ring (bicyclic) bond motifs is 2. The molecule has 3 fully saturated rings. The molecule has 2 saturated carbocycles. The van der Waals surface area contributed by atoms with Crippen molar-refractivity contribution < 1.29 is 19.7 Å². The fourth-order valence-electron chi connectivity index (χ4n) is 3.25. The van der Waals surface area contributed by atoms with Crippen molar-refractivity contribution in [1.82, 2.24) is 0 Å². The number of aliphatic hydroxyl groups is 2. The Bertz CT molecular complexity index is 254. The van der Waals surface area contributed by atoms with Crippen LogP contribution < -0.4 is 0 Å². The van der Waals surface area contributed by atoms with E-state index in [-0.39, 0.29) is 12.2 Å². The molecule has 4 heteroatoms. The summed E-state index contributed by atoms with van der Waals surface area (Å²) < 4.78 is 11.5. The van der Waals surface area contributed by atoms with Crippen molar-refractivity contribution in [2.45, 2.75) is 75.1 Å². The van der Waals surface area contributed by atoms with Gasteiger partial charge in [0.15, 0.2) is 11.6 Å². The van der Waals surface area contributed by atoms with E-state index in [9.17, 15) is 10.2 Å².